The summed E-state index contributed by atoms with van der Waals surface area (Å²) >= 11 is 11.8. The molecule has 2 N–H and O–H groups in total. The predicted octanol–water partition coefficient (Wildman–Crippen LogP) is 3.67. The van der Waals surface area contributed by atoms with Gasteiger partial charge in [-0.05, 0) is 42.8 Å². The predicted molar refractivity (Wildman–Crippen MR) is 88.6 cm³/mol. The number of halogens is 2. The van der Waals surface area contributed by atoms with Crippen molar-refractivity contribution in [2.24, 2.45) is 0 Å². The monoisotopic (exact) mass is 336 g/mol. The van der Waals surface area contributed by atoms with E-state index >= 15 is 0 Å². The highest BCUT2D eigenvalue weighted by Crippen LogP contribution is 2.22. The lowest BCUT2D eigenvalue weighted by molar-refractivity contribution is -0.115. The van der Waals surface area contributed by atoms with Crippen LogP contribution in [0.3, 0.4) is 0 Å². The Bertz CT molecular complexity index is 717. The average Bonchev–Trinajstić information content (AvgIpc) is 2.47. The lowest BCUT2D eigenvalue weighted by Crippen LogP contribution is -2.32. The summed E-state index contributed by atoms with van der Waals surface area (Å²) in [4.78, 5) is 23.7. The van der Waals surface area contributed by atoms with Crippen molar-refractivity contribution < 1.29 is 9.59 Å². The number of amides is 2. The van der Waals surface area contributed by atoms with Gasteiger partial charge in [0, 0.05) is 10.6 Å². The van der Waals surface area contributed by atoms with E-state index in [9.17, 15) is 9.59 Å². The summed E-state index contributed by atoms with van der Waals surface area (Å²) in [5.41, 5.74) is 1.90. The molecule has 114 valence electrons. The molecule has 0 atom stereocenters. The molecule has 0 heterocycles. The van der Waals surface area contributed by atoms with Crippen LogP contribution in [0.25, 0.3) is 0 Å². The SMILES string of the molecule is Cc1ccc(NC(=O)CNC(=O)c2cccc(Cl)c2)c(Cl)c1. The van der Waals surface area contributed by atoms with Gasteiger partial charge in [0.15, 0.2) is 0 Å². The number of hydrogen-bond acceptors (Lipinski definition) is 2. The van der Waals surface area contributed by atoms with E-state index in [0.717, 1.165) is 5.56 Å². The Morgan fingerprint density at radius 2 is 1.86 bits per heavy atom. The molecule has 4 nitrogen and oxygen atoms in total. The van der Waals surface area contributed by atoms with Gasteiger partial charge in [-0.25, -0.2) is 0 Å². The maximum absolute atomic E-state index is 11.9. The lowest BCUT2D eigenvalue weighted by atomic mass is 10.2. The largest absolute Gasteiger partial charge is 0.343 e. The molecule has 0 saturated carbocycles. The number of benzene rings is 2. The Morgan fingerprint density at radius 3 is 2.55 bits per heavy atom. The Labute approximate surface area is 138 Å². The first-order chi connectivity index (χ1) is 10.5. The topological polar surface area (TPSA) is 58.2 Å². The van der Waals surface area contributed by atoms with Gasteiger partial charge in [0.1, 0.15) is 0 Å². The highest BCUT2D eigenvalue weighted by atomic mass is 35.5. The Hall–Kier alpha value is -2.04. The molecule has 0 fully saturated rings. The van der Waals surface area contributed by atoms with Crippen molar-refractivity contribution in [1.82, 2.24) is 5.32 Å². The lowest BCUT2D eigenvalue weighted by Gasteiger charge is -2.09. The van der Waals surface area contributed by atoms with Crippen molar-refractivity contribution in [3.63, 3.8) is 0 Å². The highest BCUT2D eigenvalue weighted by molar-refractivity contribution is 6.33. The minimum absolute atomic E-state index is 0.157. The number of nitrogens with one attached hydrogen (secondary N) is 2. The minimum atomic E-state index is -0.368. The molecule has 0 unspecified atom stereocenters. The van der Waals surface area contributed by atoms with E-state index < -0.39 is 0 Å². The standard InChI is InChI=1S/C16H14Cl2N2O2/c1-10-5-6-14(13(18)7-10)20-15(21)9-19-16(22)11-3-2-4-12(17)8-11/h2-8H,9H2,1H3,(H,19,22)(H,20,21). The number of aryl methyl sites for hydroxylation is 1. The summed E-state index contributed by atoms with van der Waals surface area (Å²) in [5, 5.41) is 6.08. The van der Waals surface area contributed by atoms with Crippen molar-refractivity contribution in [2.75, 3.05) is 11.9 Å². The normalized spacial score (nSPS) is 10.1. The molecule has 0 aromatic heterocycles. The van der Waals surface area contributed by atoms with Crippen molar-refractivity contribution in [3.8, 4) is 0 Å². The van der Waals surface area contributed by atoms with Crippen LogP contribution in [0.15, 0.2) is 42.5 Å². The highest BCUT2D eigenvalue weighted by Gasteiger charge is 2.10. The van der Waals surface area contributed by atoms with E-state index in [1.165, 1.54) is 6.07 Å². The van der Waals surface area contributed by atoms with E-state index in [-0.39, 0.29) is 18.4 Å². The molecule has 0 spiro atoms. The summed E-state index contributed by atoms with van der Waals surface area (Å²) in [6.45, 7) is 1.75. The van der Waals surface area contributed by atoms with Gasteiger partial charge in [-0.1, -0.05) is 35.3 Å². The van der Waals surface area contributed by atoms with Gasteiger partial charge in [0.25, 0.3) is 5.91 Å². The van der Waals surface area contributed by atoms with Crippen LogP contribution in [0, 0.1) is 6.92 Å². The van der Waals surface area contributed by atoms with Crippen LogP contribution in [0.4, 0.5) is 5.69 Å². The van der Waals surface area contributed by atoms with E-state index in [0.29, 0.717) is 21.3 Å². The number of carbonyl (C=O) groups is 2. The Balaban J connectivity index is 1.91. The van der Waals surface area contributed by atoms with E-state index in [2.05, 4.69) is 10.6 Å². The minimum Gasteiger partial charge on any atom is -0.343 e. The van der Waals surface area contributed by atoms with Gasteiger partial charge in [-0.3, -0.25) is 9.59 Å². The molecule has 2 amide bonds. The molecule has 2 rings (SSSR count). The number of anilines is 1. The quantitative estimate of drug-likeness (QED) is 0.894. The third-order valence-electron chi connectivity index (χ3n) is 2.89. The first-order valence-electron chi connectivity index (χ1n) is 6.55. The van der Waals surface area contributed by atoms with E-state index in [1.54, 1.807) is 30.3 Å². The van der Waals surface area contributed by atoms with Crippen LogP contribution >= 0.6 is 23.2 Å². The molecule has 0 saturated heterocycles. The van der Waals surface area contributed by atoms with Crippen LogP contribution < -0.4 is 10.6 Å². The van der Waals surface area contributed by atoms with Gasteiger partial charge in [0.2, 0.25) is 5.91 Å². The molecular weight excluding hydrogens is 323 g/mol. The fourth-order valence-corrected chi connectivity index (χ4v) is 2.28. The van der Waals surface area contributed by atoms with Gasteiger partial charge in [-0.2, -0.15) is 0 Å². The second-order valence-electron chi connectivity index (χ2n) is 4.72. The number of hydrogen-bond donors (Lipinski definition) is 2. The zero-order valence-corrected chi connectivity index (χ0v) is 13.3. The molecule has 6 heteroatoms. The third kappa shape index (κ3) is 4.48. The maximum atomic E-state index is 11.9. The van der Waals surface area contributed by atoms with Crippen LogP contribution in [0.5, 0.6) is 0 Å². The Morgan fingerprint density at radius 1 is 1.09 bits per heavy atom. The van der Waals surface area contributed by atoms with Gasteiger partial charge in [-0.15, -0.1) is 0 Å². The van der Waals surface area contributed by atoms with E-state index in [4.69, 9.17) is 23.2 Å². The summed E-state index contributed by atoms with van der Waals surface area (Å²) in [6, 6.07) is 11.8. The molecule has 22 heavy (non-hydrogen) atoms. The first-order valence-corrected chi connectivity index (χ1v) is 7.31. The van der Waals surface area contributed by atoms with E-state index in [1.807, 2.05) is 13.0 Å². The fraction of sp³-hybridized carbons (Fsp3) is 0.125. The van der Waals surface area contributed by atoms with Crippen molar-refractivity contribution in [3.05, 3.63) is 63.6 Å². The Kier molecular flexibility index (Phi) is 5.41. The maximum Gasteiger partial charge on any atom is 0.251 e. The first kappa shape index (κ1) is 16.3. The molecule has 2 aromatic carbocycles. The van der Waals surface area contributed by atoms with Gasteiger partial charge < -0.3 is 10.6 Å². The molecule has 0 radical (unpaired) electrons. The molecular formula is C16H14Cl2N2O2. The molecule has 0 aliphatic rings. The third-order valence-corrected chi connectivity index (χ3v) is 3.44. The van der Waals surface area contributed by atoms with Crippen LogP contribution in [-0.2, 0) is 4.79 Å². The second kappa shape index (κ2) is 7.29. The van der Waals surface area contributed by atoms with Gasteiger partial charge >= 0.3 is 0 Å². The molecule has 0 aliphatic heterocycles. The average molecular weight is 337 g/mol. The number of carbonyl (C=O) groups excluding carboxylic acids is 2. The van der Waals surface area contributed by atoms with Crippen molar-refractivity contribution >= 4 is 40.7 Å². The molecule has 0 bridgehead atoms. The fourth-order valence-electron chi connectivity index (χ4n) is 1.81. The zero-order chi connectivity index (χ0) is 16.1. The summed E-state index contributed by atoms with van der Waals surface area (Å²) in [7, 11) is 0. The smallest absolute Gasteiger partial charge is 0.251 e. The summed E-state index contributed by atoms with van der Waals surface area (Å²) in [6.07, 6.45) is 0. The van der Waals surface area contributed by atoms with Crippen LogP contribution in [-0.4, -0.2) is 18.4 Å². The summed E-state index contributed by atoms with van der Waals surface area (Å²) < 4.78 is 0. The van der Waals surface area contributed by atoms with Crippen molar-refractivity contribution in [2.45, 2.75) is 6.92 Å². The zero-order valence-electron chi connectivity index (χ0n) is 11.8. The second-order valence-corrected chi connectivity index (χ2v) is 5.57. The molecule has 2 aromatic rings. The van der Waals surface area contributed by atoms with Gasteiger partial charge in [0.05, 0.1) is 17.3 Å². The van der Waals surface area contributed by atoms with Crippen molar-refractivity contribution in [1.29, 1.82) is 0 Å². The number of rotatable bonds is 4. The summed E-state index contributed by atoms with van der Waals surface area (Å²) in [5.74, 6) is -0.728. The molecule has 0 aliphatic carbocycles. The van der Waals surface area contributed by atoms with Crippen LogP contribution in [0.2, 0.25) is 10.0 Å². The van der Waals surface area contributed by atoms with Crippen LogP contribution in [0.1, 0.15) is 15.9 Å².